The number of nitrogens with one attached hydrogen (secondary N) is 2. The zero-order chi connectivity index (χ0) is 20.0. The van der Waals surface area contributed by atoms with Gasteiger partial charge >= 0.3 is 5.97 Å². The molecule has 2 rings (SSSR count). The first-order chi connectivity index (χ1) is 12.7. The molecule has 0 spiro atoms. The van der Waals surface area contributed by atoms with Crippen LogP contribution in [0, 0.1) is 6.92 Å². The van der Waals surface area contributed by atoms with E-state index in [1.165, 1.54) is 31.2 Å². The van der Waals surface area contributed by atoms with Gasteiger partial charge < -0.3 is 10.1 Å². The molecule has 0 saturated carbocycles. The summed E-state index contributed by atoms with van der Waals surface area (Å²) in [6.07, 6.45) is -1.05. The SMILES string of the molecule is CCNS(=O)(=O)c1cccc(C(=O)OC(C)C(=O)Nc2ccccc2C)c1. The molecule has 8 heteroatoms. The number of hydrogen-bond acceptors (Lipinski definition) is 5. The number of carbonyl (C=O) groups is 2. The Labute approximate surface area is 158 Å². The van der Waals surface area contributed by atoms with Gasteiger partial charge in [-0.3, -0.25) is 4.79 Å². The largest absolute Gasteiger partial charge is 0.449 e. The monoisotopic (exact) mass is 390 g/mol. The van der Waals surface area contributed by atoms with Crippen LogP contribution in [0.5, 0.6) is 0 Å². The summed E-state index contributed by atoms with van der Waals surface area (Å²) >= 11 is 0. The van der Waals surface area contributed by atoms with Gasteiger partial charge in [-0.25, -0.2) is 17.9 Å². The maximum Gasteiger partial charge on any atom is 0.338 e. The first-order valence-electron chi connectivity index (χ1n) is 8.42. The Hall–Kier alpha value is -2.71. The summed E-state index contributed by atoms with van der Waals surface area (Å²) in [5.74, 6) is -1.26. The average Bonchev–Trinajstić information content (AvgIpc) is 2.63. The predicted octanol–water partition coefficient (Wildman–Crippen LogP) is 2.48. The number of esters is 1. The Morgan fingerprint density at radius 1 is 1.11 bits per heavy atom. The number of anilines is 1. The fourth-order valence-electron chi connectivity index (χ4n) is 2.29. The third-order valence-electron chi connectivity index (χ3n) is 3.77. The number of rotatable bonds is 7. The Morgan fingerprint density at radius 3 is 2.48 bits per heavy atom. The number of aryl methyl sites for hydroxylation is 1. The molecule has 2 aromatic rings. The van der Waals surface area contributed by atoms with E-state index in [9.17, 15) is 18.0 Å². The molecule has 1 amide bonds. The van der Waals surface area contributed by atoms with Crippen molar-refractivity contribution in [3.63, 3.8) is 0 Å². The topological polar surface area (TPSA) is 102 Å². The van der Waals surface area contributed by atoms with Crippen molar-refractivity contribution in [1.82, 2.24) is 4.72 Å². The van der Waals surface area contributed by atoms with E-state index >= 15 is 0 Å². The van der Waals surface area contributed by atoms with E-state index in [4.69, 9.17) is 4.74 Å². The fraction of sp³-hybridized carbons (Fsp3) is 0.263. The summed E-state index contributed by atoms with van der Waals surface area (Å²) in [4.78, 5) is 24.5. The van der Waals surface area contributed by atoms with Gasteiger partial charge in [0.2, 0.25) is 10.0 Å². The molecule has 0 fully saturated rings. The van der Waals surface area contributed by atoms with Crippen molar-refractivity contribution in [1.29, 1.82) is 0 Å². The highest BCUT2D eigenvalue weighted by atomic mass is 32.2. The molecule has 144 valence electrons. The van der Waals surface area contributed by atoms with Crippen molar-refractivity contribution in [2.45, 2.75) is 31.8 Å². The van der Waals surface area contributed by atoms with Crippen LogP contribution in [0.3, 0.4) is 0 Å². The van der Waals surface area contributed by atoms with E-state index < -0.39 is 28.0 Å². The summed E-state index contributed by atoms with van der Waals surface area (Å²) in [6, 6.07) is 12.7. The molecule has 0 bridgehead atoms. The number of amides is 1. The summed E-state index contributed by atoms with van der Waals surface area (Å²) in [7, 11) is -3.69. The standard InChI is InChI=1S/C19H22N2O5S/c1-4-20-27(24,25)16-10-7-9-15(12-16)19(23)26-14(3)18(22)21-17-11-6-5-8-13(17)2/h5-12,14,20H,4H2,1-3H3,(H,21,22). The Balaban J connectivity index is 2.08. The van der Waals surface area contributed by atoms with Crippen LogP contribution in [0.25, 0.3) is 0 Å². The number of ether oxygens (including phenoxy) is 1. The van der Waals surface area contributed by atoms with E-state index in [2.05, 4.69) is 10.0 Å². The number of para-hydroxylation sites is 1. The third kappa shape index (κ3) is 5.38. The number of carbonyl (C=O) groups excluding carboxylic acids is 2. The van der Waals surface area contributed by atoms with Crippen molar-refractivity contribution < 1.29 is 22.7 Å². The number of hydrogen-bond donors (Lipinski definition) is 2. The summed E-state index contributed by atoms with van der Waals surface area (Å²) in [5, 5.41) is 2.70. The number of sulfonamides is 1. The van der Waals surface area contributed by atoms with E-state index in [1.54, 1.807) is 19.1 Å². The minimum atomic E-state index is -3.69. The normalized spacial score (nSPS) is 12.3. The molecule has 0 radical (unpaired) electrons. The quantitative estimate of drug-likeness (QED) is 0.707. The van der Waals surface area contributed by atoms with E-state index in [1.807, 2.05) is 19.1 Å². The van der Waals surface area contributed by atoms with Crippen molar-refractivity contribution in [3.8, 4) is 0 Å². The van der Waals surface area contributed by atoms with Crippen LogP contribution in [-0.4, -0.2) is 32.9 Å². The van der Waals surface area contributed by atoms with Gasteiger partial charge in [-0.1, -0.05) is 31.2 Å². The van der Waals surface area contributed by atoms with Crippen molar-refractivity contribution in [2.24, 2.45) is 0 Å². The zero-order valence-corrected chi connectivity index (χ0v) is 16.2. The van der Waals surface area contributed by atoms with Gasteiger partial charge in [-0.15, -0.1) is 0 Å². The maximum absolute atomic E-state index is 12.3. The highest BCUT2D eigenvalue weighted by Gasteiger charge is 2.21. The lowest BCUT2D eigenvalue weighted by atomic mass is 10.2. The van der Waals surface area contributed by atoms with Gasteiger partial charge in [-0.05, 0) is 43.7 Å². The van der Waals surface area contributed by atoms with Crippen LogP contribution < -0.4 is 10.0 Å². The van der Waals surface area contributed by atoms with Gasteiger partial charge in [-0.2, -0.15) is 0 Å². The first-order valence-corrected chi connectivity index (χ1v) is 9.90. The third-order valence-corrected chi connectivity index (χ3v) is 5.31. The second kappa shape index (κ2) is 8.79. The highest BCUT2D eigenvalue weighted by Crippen LogP contribution is 2.15. The lowest BCUT2D eigenvalue weighted by molar-refractivity contribution is -0.123. The lowest BCUT2D eigenvalue weighted by Crippen LogP contribution is -2.30. The van der Waals surface area contributed by atoms with Crippen LogP contribution >= 0.6 is 0 Å². The molecule has 0 aliphatic rings. The molecule has 1 unspecified atom stereocenters. The summed E-state index contributed by atoms with van der Waals surface area (Å²) in [6.45, 7) is 5.19. The molecule has 0 heterocycles. The molecule has 1 atom stereocenters. The van der Waals surface area contributed by atoms with Crippen molar-refractivity contribution in [2.75, 3.05) is 11.9 Å². The molecule has 2 N–H and O–H groups in total. The molecule has 0 aromatic heterocycles. The van der Waals surface area contributed by atoms with E-state index in [0.29, 0.717) is 5.69 Å². The van der Waals surface area contributed by atoms with Gasteiger partial charge in [0.25, 0.3) is 5.91 Å². The van der Waals surface area contributed by atoms with E-state index in [-0.39, 0.29) is 17.0 Å². The highest BCUT2D eigenvalue weighted by molar-refractivity contribution is 7.89. The van der Waals surface area contributed by atoms with Crippen molar-refractivity contribution in [3.05, 3.63) is 59.7 Å². The molecule has 0 aliphatic carbocycles. The molecule has 27 heavy (non-hydrogen) atoms. The number of benzene rings is 2. The fourth-order valence-corrected chi connectivity index (χ4v) is 3.38. The molecular weight excluding hydrogens is 368 g/mol. The molecule has 7 nitrogen and oxygen atoms in total. The summed E-state index contributed by atoms with van der Waals surface area (Å²) in [5.41, 5.74) is 1.55. The van der Waals surface area contributed by atoms with Crippen LogP contribution in [-0.2, 0) is 19.6 Å². The van der Waals surface area contributed by atoms with E-state index in [0.717, 1.165) is 5.56 Å². The second-order valence-electron chi connectivity index (χ2n) is 5.88. The Kier molecular flexibility index (Phi) is 6.70. The van der Waals surface area contributed by atoms with Crippen LogP contribution in [0.15, 0.2) is 53.4 Å². The maximum atomic E-state index is 12.3. The molecule has 0 saturated heterocycles. The predicted molar refractivity (Wildman–Crippen MR) is 102 cm³/mol. The van der Waals surface area contributed by atoms with Crippen LogP contribution in [0.4, 0.5) is 5.69 Å². The van der Waals surface area contributed by atoms with Crippen molar-refractivity contribution >= 4 is 27.6 Å². The zero-order valence-electron chi connectivity index (χ0n) is 15.4. The first kappa shape index (κ1) is 20.6. The second-order valence-corrected chi connectivity index (χ2v) is 7.65. The lowest BCUT2D eigenvalue weighted by Gasteiger charge is -2.15. The Bertz CT molecular complexity index is 941. The molecule has 0 aliphatic heterocycles. The average molecular weight is 390 g/mol. The molecular formula is C19H22N2O5S. The molecule has 2 aromatic carbocycles. The van der Waals surface area contributed by atoms with Gasteiger partial charge in [0.05, 0.1) is 10.5 Å². The smallest absolute Gasteiger partial charge is 0.338 e. The summed E-state index contributed by atoms with van der Waals surface area (Å²) < 4.78 is 31.6. The minimum Gasteiger partial charge on any atom is -0.449 e. The van der Waals surface area contributed by atoms with Gasteiger partial charge in [0.15, 0.2) is 6.10 Å². The van der Waals surface area contributed by atoms with Crippen LogP contribution in [0.2, 0.25) is 0 Å². The minimum absolute atomic E-state index is 0.0455. The van der Waals surface area contributed by atoms with Gasteiger partial charge in [0, 0.05) is 12.2 Å². The van der Waals surface area contributed by atoms with Crippen LogP contribution in [0.1, 0.15) is 29.8 Å². The Morgan fingerprint density at radius 2 is 1.81 bits per heavy atom. The van der Waals surface area contributed by atoms with Gasteiger partial charge in [0.1, 0.15) is 0 Å².